The highest BCUT2D eigenvalue weighted by Crippen LogP contribution is 2.14. The summed E-state index contributed by atoms with van der Waals surface area (Å²) in [6, 6.07) is 8.82. The molecule has 2 rings (SSSR count). The number of hydrogen-bond donors (Lipinski definition) is 1. The predicted octanol–water partition coefficient (Wildman–Crippen LogP) is 2.92. The molecule has 1 N–H and O–H groups in total. The molecule has 1 aromatic carbocycles. The quantitative estimate of drug-likeness (QED) is 0.741. The van der Waals surface area contributed by atoms with Gasteiger partial charge < -0.3 is 14.8 Å². The fourth-order valence-electron chi connectivity index (χ4n) is 2.39. The molecule has 20 heavy (non-hydrogen) atoms. The van der Waals surface area contributed by atoms with Crippen LogP contribution in [0.1, 0.15) is 37.3 Å². The molecule has 1 aliphatic rings. The molecular formula is C17H27NO2. The van der Waals surface area contributed by atoms with Crippen LogP contribution in [-0.2, 0) is 22.5 Å². The van der Waals surface area contributed by atoms with Crippen molar-refractivity contribution in [1.29, 1.82) is 0 Å². The number of ether oxygens (including phenoxy) is 2. The Morgan fingerprint density at radius 3 is 2.50 bits per heavy atom. The molecule has 0 aromatic heterocycles. The summed E-state index contributed by atoms with van der Waals surface area (Å²) in [5, 5.41) is 3.43. The van der Waals surface area contributed by atoms with Gasteiger partial charge in [0.15, 0.2) is 0 Å². The molecule has 1 saturated heterocycles. The van der Waals surface area contributed by atoms with Gasteiger partial charge in [0, 0.05) is 13.2 Å². The summed E-state index contributed by atoms with van der Waals surface area (Å²) < 4.78 is 11.3. The molecule has 112 valence electrons. The van der Waals surface area contributed by atoms with Crippen LogP contribution in [0, 0.1) is 0 Å². The van der Waals surface area contributed by atoms with Gasteiger partial charge in [0.25, 0.3) is 0 Å². The van der Waals surface area contributed by atoms with Crippen LogP contribution in [0.15, 0.2) is 24.3 Å². The normalized spacial score (nSPS) is 16.4. The molecule has 0 radical (unpaired) electrons. The topological polar surface area (TPSA) is 30.5 Å². The van der Waals surface area contributed by atoms with Crippen LogP contribution in [-0.4, -0.2) is 32.4 Å². The van der Waals surface area contributed by atoms with Gasteiger partial charge in [-0.1, -0.05) is 31.2 Å². The lowest BCUT2D eigenvalue weighted by atomic mass is 10.1. The highest BCUT2D eigenvalue weighted by molar-refractivity contribution is 5.22. The van der Waals surface area contributed by atoms with Gasteiger partial charge in [-0.3, -0.25) is 0 Å². The zero-order chi connectivity index (χ0) is 14.0. The van der Waals surface area contributed by atoms with Crippen LogP contribution < -0.4 is 5.32 Å². The third kappa shape index (κ3) is 5.61. The monoisotopic (exact) mass is 277 g/mol. The van der Waals surface area contributed by atoms with Crippen molar-refractivity contribution in [2.24, 2.45) is 0 Å². The number of benzene rings is 1. The van der Waals surface area contributed by atoms with Crippen LogP contribution in [0.25, 0.3) is 0 Å². The van der Waals surface area contributed by atoms with E-state index in [-0.39, 0.29) is 0 Å². The largest absolute Gasteiger partial charge is 0.381 e. The van der Waals surface area contributed by atoms with E-state index >= 15 is 0 Å². The molecular weight excluding hydrogens is 250 g/mol. The summed E-state index contributed by atoms with van der Waals surface area (Å²) in [4.78, 5) is 0. The first-order valence-electron chi connectivity index (χ1n) is 7.86. The van der Waals surface area contributed by atoms with E-state index in [4.69, 9.17) is 9.47 Å². The van der Waals surface area contributed by atoms with E-state index in [0.717, 1.165) is 52.2 Å². The Morgan fingerprint density at radius 2 is 1.80 bits per heavy atom. The summed E-state index contributed by atoms with van der Waals surface area (Å²) in [6.07, 6.45) is 4.73. The second-order valence-corrected chi connectivity index (χ2v) is 5.44. The molecule has 1 aliphatic heterocycles. The maximum Gasteiger partial charge on any atom is 0.0720 e. The van der Waals surface area contributed by atoms with Crippen LogP contribution in [0.3, 0.4) is 0 Å². The molecule has 0 bridgehead atoms. The maximum absolute atomic E-state index is 5.93. The summed E-state index contributed by atoms with van der Waals surface area (Å²) in [7, 11) is 0. The Hall–Kier alpha value is -0.900. The third-order valence-corrected chi connectivity index (χ3v) is 3.69. The summed E-state index contributed by atoms with van der Waals surface area (Å²) in [5.74, 6) is 0. The molecule has 0 saturated carbocycles. The smallest absolute Gasteiger partial charge is 0.0720 e. The first-order chi connectivity index (χ1) is 9.88. The molecule has 3 heteroatoms. The molecule has 0 aliphatic carbocycles. The van der Waals surface area contributed by atoms with Gasteiger partial charge in [0.2, 0.25) is 0 Å². The van der Waals surface area contributed by atoms with Gasteiger partial charge in [0.1, 0.15) is 0 Å². The Morgan fingerprint density at radius 1 is 1.10 bits per heavy atom. The van der Waals surface area contributed by atoms with E-state index in [1.54, 1.807) is 0 Å². The van der Waals surface area contributed by atoms with Crippen molar-refractivity contribution in [3.63, 3.8) is 0 Å². The Kier molecular flexibility index (Phi) is 7.06. The second-order valence-electron chi connectivity index (χ2n) is 5.44. The van der Waals surface area contributed by atoms with E-state index in [9.17, 15) is 0 Å². The summed E-state index contributed by atoms with van der Waals surface area (Å²) in [6.45, 7) is 6.77. The number of hydrogen-bond acceptors (Lipinski definition) is 3. The molecule has 0 spiro atoms. The average Bonchev–Trinajstić information content (AvgIpc) is 2.52. The zero-order valence-electron chi connectivity index (χ0n) is 12.6. The van der Waals surface area contributed by atoms with Gasteiger partial charge in [-0.15, -0.1) is 0 Å². The fourth-order valence-corrected chi connectivity index (χ4v) is 2.39. The van der Waals surface area contributed by atoms with Crippen molar-refractivity contribution in [2.45, 2.75) is 45.3 Å². The maximum atomic E-state index is 5.93. The van der Waals surface area contributed by atoms with Crippen molar-refractivity contribution >= 4 is 0 Å². The van der Waals surface area contributed by atoms with E-state index in [1.807, 2.05) is 0 Å². The van der Waals surface area contributed by atoms with Gasteiger partial charge in [-0.2, -0.15) is 0 Å². The molecule has 1 aromatic rings. The minimum Gasteiger partial charge on any atom is -0.381 e. The number of rotatable bonds is 8. The van der Waals surface area contributed by atoms with Gasteiger partial charge in [-0.25, -0.2) is 0 Å². The zero-order valence-corrected chi connectivity index (χ0v) is 12.6. The molecule has 3 nitrogen and oxygen atoms in total. The lowest BCUT2D eigenvalue weighted by Crippen LogP contribution is -2.23. The molecule has 1 fully saturated rings. The molecule has 0 atom stereocenters. The van der Waals surface area contributed by atoms with Crippen LogP contribution in [0.5, 0.6) is 0 Å². The SMILES string of the molecule is CCCNCCc1ccc(COC2CCOCC2)cc1. The first kappa shape index (κ1) is 15.5. The van der Waals surface area contributed by atoms with Gasteiger partial charge >= 0.3 is 0 Å². The van der Waals surface area contributed by atoms with Crippen LogP contribution >= 0.6 is 0 Å². The first-order valence-corrected chi connectivity index (χ1v) is 7.86. The van der Waals surface area contributed by atoms with Gasteiger partial charge in [-0.05, 0) is 49.9 Å². The highest BCUT2D eigenvalue weighted by atomic mass is 16.5. The highest BCUT2D eigenvalue weighted by Gasteiger charge is 2.13. The van der Waals surface area contributed by atoms with Crippen LogP contribution in [0.4, 0.5) is 0 Å². The van der Waals surface area contributed by atoms with Crippen molar-refractivity contribution < 1.29 is 9.47 Å². The standard InChI is InChI=1S/C17H27NO2/c1-2-10-18-11-7-15-3-5-16(6-4-15)14-20-17-8-12-19-13-9-17/h3-6,17-18H,2,7-14H2,1H3. The van der Waals surface area contributed by atoms with E-state index in [1.165, 1.54) is 17.5 Å². The molecule has 0 amide bonds. The van der Waals surface area contributed by atoms with Crippen molar-refractivity contribution in [2.75, 3.05) is 26.3 Å². The third-order valence-electron chi connectivity index (χ3n) is 3.69. The van der Waals surface area contributed by atoms with E-state index in [0.29, 0.717) is 6.10 Å². The van der Waals surface area contributed by atoms with Gasteiger partial charge in [0.05, 0.1) is 12.7 Å². The minimum atomic E-state index is 0.377. The van der Waals surface area contributed by atoms with Crippen molar-refractivity contribution in [1.82, 2.24) is 5.32 Å². The van der Waals surface area contributed by atoms with Crippen molar-refractivity contribution in [3.05, 3.63) is 35.4 Å². The summed E-state index contributed by atoms with van der Waals surface area (Å²) >= 11 is 0. The Balaban J connectivity index is 1.68. The van der Waals surface area contributed by atoms with E-state index in [2.05, 4.69) is 36.5 Å². The number of nitrogens with one attached hydrogen (secondary N) is 1. The predicted molar refractivity (Wildman–Crippen MR) is 81.9 cm³/mol. The molecule has 0 unspecified atom stereocenters. The average molecular weight is 277 g/mol. The Bertz CT molecular complexity index is 358. The van der Waals surface area contributed by atoms with E-state index < -0.39 is 0 Å². The lowest BCUT2D eigenvalue weighted by molar-refractivity contribution is -0.0390. The Labute approximate surface area is 122 Å². The molecule has 1 heterocycles. The minimum absolute atomic E-state index is 0.377. The second kappa shape index (κ2) is 9.11. The van der Waals surface area contributed by atoms with Crippen molar-refractivity contribution in [3.8, 4) is 0 Å². The fraction of sp³-hybridized carbons (Fsp3) is 0.647. The van der Waals surface area contributed by atoms with Crippen LogP contribution in [0.2, 0.25) is 0 Å². The summed E-state index contributed by atoms with van der Waals surface area (Å²) in [5.41, 5.74) is 2.66. The lowest BCUT2D eigenvalue weighted by Gasteiger charge is -2.22.